The highest BCUT2D eigenvalue weighted by molar-refractivity contribution is 9.10. The minimum absolute atomic E-state index is 0.0350. The monoisotopic (exact) mass is 341 g/mol. The van der Waals surface area contributed by atoms with Gasteiger partial charge in [-0.25, -0.2) is 0 Å². The van der Waals surface area contributed by atoms with Crippen LogP contribution in [0.3, 0.4) is 0 Å². The second-order valence-corrected chi connectivity index (χ2v) is 6.43. The average Bonchev–Trinajstić information content (AvgIpc) is 2.82. The molecule has 94 valence electrons. The van der Waals surface area contributed by atoms with Gasteiger partial charge in [0.2, 0.25) is 0 Å². The SMILES string of the molecule is CSc1ccc(C(=O)NCc2cc(Br)cs2)cc1. The van der Waals surface area contributed by atoms with E-state index in [0.29, 0.717) is 12.1 Å². The molecule has 0 fully saturated rings. The van der Waals surface area contributed by atoms with Crippen LogP contribution in [0.2, 0.25) is 0 Å². The number of thioether (sulfide) groups is 1. The van der Waals surface area contributed by atoms with Gasteiger partial charge in [0.15, 0.2) is 0 Å². The van der Waals surface area contributed by atoms with Crippen LogP contribution in [-0.2, 0) is 6.54 Å². The molecule has 2 aromatic rings. The molecule has 0 spiro atoms. The minimum Gasteiger partial charge on any atom is -0.347 e. The van der Waals surface area contributed by atoms with Crippen molar-refractivity contribution in [2.24, 2.45) is 0 Å². The average molecular weight is 342 g/mol. The van der Waals surface area contributed by atoms with Crippen LogP contribution >= 0.6 is 39.0 Å². The van der Waals surface area contributed by atoms with Crippen molar-refractivity contribution >= 4 is 44.9 Å². The lowest BCUT2D eigenvalue weighted by atomic mass is 10.2. The largest absolute Gasteiger partial charge is 0.347 e. The summed E-state index contributed by atoms with van der Waals surface area (Å²) < 4.78 is 1.06. The molecular formula is C13H12BrNOS2. The van der Waals surface area contributed by atoms with Gasteiger partial charge in [0.25, 0.3) is 5.91 Å². The first-order chi connectivity index (χ1) is 8.69. The van der Waals surface area contributed by atoms with E-state index in [1.807, 2.05) is 42.0 Å². The Labute approximate surface area is 123 Å². The molecular weight excluding hydrogens is 330 g/mol. The molecule has 5 heteroatoms. The van der Waals surface area contributed by atoms with E-state index in [2.05, 4.69) is 21.2 Å². The fraction of sp³-hybridized carbons (Fsp3) is 0.154. The Hall–Kier alpha value is -0.780. The number of carbonyl (C=O) groups is 1. The van der Waals surface area contributed by atoms with E-state index in [0.717, 1.165) is 14.2 Å². The second-order valence-electron chi connectivity index (χ2n) is 3.64. The van der Waals surface area contributed by atoms with Crippen molar-refractivity contribution in [2.45, 2.75) is 11.4 Å². The second kappa shape index (κ2) is 6.41. The molecule has 0 aliphatic heterocycles. The van der Waals surface area contributed by atoms with Crippen LogP contribution in [0, 0.1) is 0 Å². The summed E-state index contributed by atoms with van der Waals surface area (Å²) in [4.78, 5) is 14.2. The zero-order valence-electron chi connectivity index (χ0n) is 9.77. The fourth-order valence-electron chi connectivity index (χ4n) is 1.46. The lowest BCUT2D eigenvalue weighted by Gasteiger charge is -2.04. The van der Waals surface area contributed by atoms with Crippen LogP contribution in [-0.4, -0.2) is 12.2 Å². The van der Waals surface area contributed by atoms with E-state index in [1.165, 1.54) is 0 Å². The number of nitrogens with one attached hydrogen (secondary N) is 1. The Morgan fingerprint density at radius 2 is 2.11 bits per heavy atom. The van der Waals surface area contributed by atoms with Gasteiger partial charge < -0.3 is 5.32 Å². The molecule has 1 N–H and O–H groups in total. The fourth-order valence-corrected chi connectivity index (χ4v) is 3.26. The van der Waals surface area contributed by atoms with E-state index in [9.17, 15) is 4.79 Å². The molecule has 0 atom stereocenters. The summed E-state index contributed by atoms with van der Waals surface area (Å²) >= 11 is 6.69. The molecule has 1 aromatic carbocycles. The Bertz CT molecular complexity index is 536. The topological polar surface area (TPSA) is 29.1 Å². The molecule has 2 rings (SSSR count). The Kier molecular flexibility index (Phi) is 4.86. The summed E-state index contributed by atoms with van der Waals surface area (Å²) in [5.41, 5.74) is 0.698. The van der Waals surface area contributed by atoms with E-state index in [1.54, 1.807) is 23.1 Å². The van der Waals surface area contributed by atoms with Crippen molar-refractivity contribution < 1.29 is 4.79 Å². The van der Waals surface area contributed by atoms with E-state index < -0.39 is 0 Å². The number of amides is 1. The van der Waals surface area contributed by atoms with Crippen molar-refractivity contribution in [1.29, 1.82) is 0 Å². The zero-order chi connectivity index (χ0) is 13.0. The van der Waals surface area contributed by atoms with Gasteiger partial charge in [0.1, 0.15) is 0 Å². The third kappa shape index (κ3) is 3.60. The molecule has 0 aliphatic rings. The molecule has 18 heavy (non-hydrogen) atoms. The number of thiophene rings is 1. The van der Waals surface area contributed by atoms with Crippen molar-refractivity contribution in [3.8, 4) is 0 Å². The molecule has 0 aliphatic carbocycles. The summed E-state index contributed by atoms with van der Waals surface area (Å²) in [5, 5.41) is 4.92. The summed E-state index contributed by atoms with van der Waals surface area (Å²) in [5.74, 6) is -0.0350. The van der Waals surface area contributed by atoms with Crippen LogP contribution in [0.15, 0.2) is 45.1 Å². The van der Waals surface area contributed by atoms with E-state index in [-0.39, 0.29) is 5.91 Å². The first kappa shape index (κ1) is 13.6. The molecule has 0 saturated heterocycles. The van der Waals surface area contributed by atoms with Gasteiger partial charge in [-0.3, -0.25) is 4.79 Å². The molecule has 0 unspecified atom stereocenters. The Balaban J connectivity index is 1.94. The number of hydrogen-bond acceptors (Lipinski definition) is 3. The number of benzene rings is 1. The summed E-state index contributed by atoms with van der Waals surface area (Å²) in [6.45, 7) is 0.569. The Morgan fingerprint density at radius 1 is 1.39 bits per heavy atom. The summed E-state index contributed by atoms with van der Waals surface area (Å²) in [7, 11) is 0. The predicted molar refractivity (Wildman–Crippen MR) is 81.4 cm³/mol. The Morgan fingerprint density at radius 3 is 2.67 bits per heavy atom. The lowest BCUT2D eigenvalue weighted by molar-refractivity contribution is 0.0951. The van der Waals surface area contributed by atoms with Crippen molar-refractivity contribution in [1.82, 2.24) is 5.32 Å². The maximum absolute atomic E-state index is 11.9. The quantitative estimate of drug-likeness (QED) is 0.846. The number of carbonyl (C=O) groups excluding carboxylic acids is 1. The maximum Gasteiger partial charge on any atom is 0.251 e. The third-order valence-electron chi connectivity index (χ3n) is 2.40. The zero-order valence-corrected chi connectivity index (χ0v) is 13.0. The normalized spacial score (nSPS) is 10.3. The first-order valence-corrected chi connectivity index (χ1v) is 8.24. The molecule has 0 radical (unpaired) electrons. The van der Waals surface area contributed by atoms with Gasteiger partial charge >= 0.3 is 0 Å². The number of hydrogen-bond donors (Lipinski definition) is 1. The van der Waals surface area contributed by atoms with Crippen LogP contribution in [0.5, 0.6) is 0 Å². The van der Waals surface area contributed by atoms with Crippen LogP contribution < -0.4 is 5.32 Å². The van der Waals surface area contributed by atoms with Gasteiger partial charge in [-0.2, -0.15) is 0 Å². The van der Waals surface area contributed by atoms with Crippen LogP contribution in [0.1, 0.15) is 15.2 Å². The standard InChI is InChI=1S/C13H12BrNOS2/c1-17-11-4-2-9(3-5-11)13(16)15-7-12-6-10(14)8-18-12/h2-6,8H,7H2,1H3,(H,15,16). The van der Waals surface area contributed by atoms with E-state index >= 15 is 0 Å². The first-order valence-electron chi connectivity index (χ1n) is 5.34. The smallest absolute Gasteiger partial charge is 0.251 e. The molecule has 1 heterocycles. The molecule has 1 aromatic heterocycles. The minimum atomic E-state index is -0.0350. The van der Waals surface area contributed by atoms with Gasteiger partial charge in [-0.1, -0.05) is 0 Å². The van der Waals surface area contributed by atoms with Gasteiger partial charge in [-0.05, 0) is 52.5 Å². The van der Waals surface area contributed by atoms with Crippen LogP contribution in [0.25, 0.3) is 0 Å². The van der Waals surface area contributed by atoms with Gasteiger partial charge in [0.05, 0.1) is 6.54 Å². The summed E-state index contributed by atoms with van der Waals surface area (Å²) in [6, 6.07) is 9.64. The number of rotatable bonds is 4. The van der Waals surface area contributed by atoms with Crippen molar-refractivity contribution in [2.75, 3.05) is 6.26 Å². The predicted octanol–water partition coefficient (Wildman–Crippen LogP) is 4.16. The molecule has 0 saturated carbocycles. The van der Waals surface area contributed by atoms with Crippen LogP contribution in [0.4, 0.5) is 0 Å². The van der Waals surface area contributed by atoms with Gasteiger partial charge in [0, 0.05) is 25.2 Å². The summed E-state index contributed by atoms with van der Waals surface area (Å²) in [6.07, 6.45) is 2.02. The van der Waals surface area contributed by atoms with Gasteiger partial charge in [-0.15, -0.1) is 23.1 Å². The highest BCUT2D eigenvalue weighted by atomic mass is 79.9. The lowest BCUT2D eigenvalue weighted by Crippen LogP contribution is -2.22. The number of halogens is 1. The highest BCUT2D eigenvalue weighted by Gasteiger charge is 2.05. The van der Waals surface area contributed by atoms with E-state index in [4.69, 9.17) is 0 Å². The van der Waals surface area contributed by atoms with Crippen molar-refractivity contribution in [3.63, 3.8) is 0 Å². The molecule has 0 bridgehead atoms. The third-order valence-corrected chi connectivity index (χ3v) is 4.84. The highest BCUT2D eigenvalue weighted by Crippen LogP contribution is 2.19. The maximum atomic E-state index is 11.9. The molecule has 2 nitrogen and oxygen atoms in total. The van der Waals surface area contributed by atoms with Crippen molar-refractivity contribution in [3.05, 3.63) is 50.6 Å². The molecule has 1 amide bonds.